The second-order valence-corrected chi connectivity index (χ2v) is 4.98. The van der Waals surface area contributed by atoms with Crippen molar-refractivity contribution in [2.45, 2.75) is 0 Å². The molecule has 3 rings (SSSR count). The molecule has 0 fully saturated rings. The molecule has 0 saturated heterocycles. The first kappa shape index (κ1) is 10.6. The molecule has 3 aromatic rings. The lowest BCUT2D eigenvalue weighted by atomic mass is 10.1. The summed E-state index contributed by atoms with van der Waals surface area (Å²) in [7, 11) is 0. The number of benzene rings is 1. The molecule has 84 valence electrons. The zero-order chi connectivity index (χ0) is 11.8. The van der Waals surface area contributed by atoms with Crippen LogP contribution in [0, 0.1) is 0 Å². The number of rotatable bonds is 1. The predicted molar refractivity (Wildman–Crippen MR) is 70.8 cm³/mol. The Hall–Kier alpha value is -1.58. The third kappa shape index (κ3) is 1.88. The lowest BCUT2D eigenvalue weighted by molar-refractivity contribution is 0.561. The van der Waals surface area contributed by atoms with Crippen LogP contribution < -0.4 is 5.63 Å². The minimum atomic E-state index is -0.344. The topological polar surface area (TPSA) is 30.2 Å². The molecule has 0 atom stereocenters. The first-order valence-corrected chi connectivity index (χ1v) is 6.27. The number of thiophene rings is 1. The van der Waals surface area contributed by atoms with Crippen LogP contribution in [0.4, 0.5) is 0 Å². The Morgan fingerprint density at radius 3 is 2.82 bits per heavy atom. The molecule has 0 aliphatic heterocycles. The maximum atomic E-state index is 11.5. The summed E-state index contributed by atoms with van der Waals surface area (Å²) in [5.41, 5.74) is 1.09. The fourth-order valence-corrected chi connectivity index (χ4v) is 2.70. The van der Waals surface area contributed by atoms with Crippen LogP contribution in [-0.2, 0) is 0 Å². The molecule has 2 heterocycles. The van der Waals surface area contributed by atoms with Gasteiger partial charge in [-0.25, -0.2) is 4.79 Å². The molecule has 0 bridgehead atoms. The summed E-state index contributed by atoms with van der Waals surface area (Å²) in [6.45, 7) is 0. The summed E-state index contributed by atoms with van der Waals surface area (Å²) in [5, 5.41) is 3.46. The van der Waals surface area contributed by atoms with Crippen molar-refractivity contribution in [1.29, 1.82) is 0 Å². The van der Waals surface area contributed by atoms with E-state index < -0.39 is 0 Å². The van der Waals surface area contributed by atoms with Gasteiger partial charge in [-0.3, -0.25) is 0 Å². The largest absolute Gasteiger partial charge is 0.423 e. The van der Waals surface area contributed by atoms with E-state index in [0.717, 1.165) is 15.8 Å². The number of halogens is 1. The molecule has 2 aromatic heterocycles. The van der Waals surface area contributed by atoms with Crippen molar-refractivity contribution in [3.8, 4) is 10.4 Å². The molecular weight excluding hydrogens is 256 g/mol. The van der Waals surface area contributed by atoms with E-state index in [2.05, 4.69) is 0 Å². The maximum absolute atomic E-state index is 11.5. The Morgan fingerprint density at radius 2 is 2.06 bits per heavy atom. The van der Waals surface area contributed by atoms with Crippen molar-refractivity contribution >= 4 is 33.9 Å². The second kappa shape index (κ2) is 4.02. The Bertz CT molecular complexity index is 729. The zero-order valence-corrected chi connectivity index (χ0v) is 10.2. The number of fused-ring (bicyclic) bond motifs is 1. The first-order chi connectivity index (χ1) is 8.24. The number of hydrogen-bond acceptors (Lipinski definition) is 3. The maximum Gasteiger partial charge on any atom is 0.336 e. The van der Waals surface area contributed by atoms with Crippen molar-refractivity contribution in [1.82, 2.24) is 0 Å². The molecule has 1 aromatic carbocycles. The second-order valence-electron chi connectivity index (χ2n) is 3.60. The van der Waals surface area contributed by atoms with E-state index in [0.29, 0.717) is 10.6 Å². The van der Waals surface area contributed by atoms with E-state index >= 15 is 0 Å². The minimum Gasteiger partial charge on any atom is -0.423 e. The normalized spacial score (nSPS) is 10.9. The monoisotopic (exact) mass is 262 g/mol. The molecule has 2 nitrogen and oxygen atoms in total. The molecule has 0 radical (unpaired) electrons. The van der Waals surface area contributed by atoms with E-state index in [1.54, 1.807) is 23.5 Å². The van der Waals surface area contributed by atoms with Crippen LogP contribution in [0.2, 0.25) is 5.02 Å². The highest BCUT2D eigenvalue weighted by Gasteiger charge is 2.08. The molecule has 4 heteroatoms. The number of hydrogen-bond donors (Lipinski definition) is 0. The van der Waals surface area contributed by atoms with Gasteiger partial charge in [0.05, 0.1) is 0 Å². The first-order valence-electron chi connectivity index (χ1n) is 5.01. The Labute approximate surface area is 106 Å². The molecule has 0 N–H and O–H groups in total. The van der Waals surface area contributed by atoms with Gasteiger partial charge in [-0.2, -0.15) is 0 Å². The Kier molecular flexibility index (Phi) is 2.50. The van der Waals surface area contributed by atoms with Crippen LogP contribution in [0.25, 0.3) is 21.4 Å². The molecule has 0 spiro atoms. The third-order valence-electron chi connectivity index (χ3n) is 2.49. The molecule has 0 amide bonds. The smallest absolute Gasteiger partial charge is 0.336 e. The van der Waals surface area contributed by atoms with Gasteiger partial charge in [0.2, 0.25) is 0 Å². The van der Waals surface area contributed by atoms with Gasteiger partial charge in [0, 0.05) is 26.9 Å². The van der Waals surface area contributed by atoms with E-state index in [4.69, 9.17) is 16.0 Å². The van der Waals surface area contributed by atoms with Gasteiger partial charge < -0.3 is 4.42 Å². The SMILES string of the molecule is O=c1cc(-c2cccs2)c2cc(Cl)ccc2o1. The van der Waals surface area contributed by atoms with Crippen molar-refractivity contribution in [2.24, 2.45) is 0 Å². The zero-order valence-electron chi connectivity index (χ0n) is 8.64. The average molecular weight is 263 g/mol. The summed E-state index contributed by atoms with van der Waals surface area (Å²) < 4.78 is 5.15. The van der Waals surface area contributed by atoms with Crippen molar-refractivity contribution in [3.63, 3.8) is 0 Å². The van der Waals surface area contributed by atoms with Crippen molar-refractivity contribution in [3.05, 3.63) is 57.2 Å². The lowest BCUT2D eigenvalue weighted by Gasteiger charge is -2.03. The highest BCUT2D eigenvalue weighted by atomic mass is 35.5. The van der Waals surface area contributed by atoms with E-state index in [1.807, 2.05) is 23.6 Å². The lowest BCUT2D eigenvalue weighted by Crippen LogP contribution is -1.97. The van der Waals surface area contributed by atoms with Crippen LogP contribution in [0.1, 0.15) is 0 Å². The Morgan fingerprint density at radius 1 is 1.18 bits per heavy atom. The Balaban J connectivity index is 2.44. The van der Waals surface area contributed by atoms with Crippen LogP contribution in [0.3, 0.4) is 0 Å². The van der Waals surface area contributed by atoms with E-state index in [-0.39, 0.29) is 5.63 Å². The van der Waals surface area contributed by atoms with Crippen LogP contribution in [0.5, 0.6) is 0 Å². The summed E-state index contributed by atoms with van der Waals surface area (Å²) >= 11 is 7.56. The molecule has 0 aliphatic rings. The van der Waals surface area contributed by atoms with Crippen molar-refractivity contribution in [2.75, 3.05) is 0 Å². The van der Waals surface area contributed by atoms with Crippen LogP contribution in [0.15, 0.2) is 51.0 Å². The molecule has 0 aliphatic carbocycles. The van der Waals surface area contributed by atoms with Gasteiger partial charge >= 0.3 is 5.63 Å². The fourth-order valence-electron chi connectivity index (χ4n) is 1.77. The predicted octanol–water partition coefficient (Wildman–Crippen LogP) is 4.17. The standard InChI is InChI=1S/C13H7ClO2S/c14-8-3-4-11-9(6-8)10(7-13(15)16-11)12-2-1-5-17-12/h1-7H. The summed E-state index contributed by atoms with van der Waals surface area (Å²) in [4.78, 5) is 12.5. The van der Waals surface area contributed by atoms with Gasteiger partial charge in [-0.05, 0) is 29.6 Å². The molecule has 17 heavy (non-hydrogen) atoms. The molecular formula is C13H7ClO2S. The van der Waals surface area contributed by atoms with Gasteiger partial charge in [-0.1, -0.05) is 17.7 Å². The minimum absolute atomic E-state index is 0.344. The third-order valence-corrected chi connectivity index (χ3v) is 3.63. The molecule has 0 saturated carbocycles. The quantitative estimate of drug-likeness (QED) is 0.616. The summed E-state index contributed by atoms with van der Waals surface area (Å²) in [5.74, 6) is 0. The van der Waals surface area contributed by atoms with Gasteiger partial charge in [0.15, 0.2) is 0 Å². The van der Waals surface area contributed by atoms with Gasteiger partial charge in [0.25, 0.3) is 0 Å². The highest BCUT2D eigenvalue weighted by Crippen LogP contribution is 2.31. The summed E-state index contributed by atoms with van der Waals surface area (Å²) in [6.07, 6.45) is 0. The average Bonchev–Trinajstić information content (AvgIpc) is 2.82. The van der Waals surface area contributed by atoms with E-state index in [1.165, 1.54) is 6.07 Å². The van der Waals surface area contributed by atoms with Crippen LogP contribution >= 0.6 is 22.9 Å². The summed E-state index contributed by atoms with van der Waals surface area (Å²) in [6, 6.07) is 10.7. The van der Waals surface area contributed by atoms with Gasteiger partial charge in [0.1, 0.15) is 5.58 Å². The highest BCUT2D eigenvalue weighted by molar-refractivity contribution is 7.13. The van der Waals surface area contributed by atoms with E-state index in [9.17, 15) is 4.79 Å². The van der Waals surface area contributed by atoms with Crippen LogP contribution in [-0.4, -0.2) is 0 Å². The van der Waals surface area contributed by atoms with Gasteiger partial charge in [-0.15, -0.1) is 11.3 Å². The van der Waals surface area contributed by atoms with Crippen molar-refractivity contribution < 1.29 is 4.42 Å². The fraction of sp³-hybridized carbons (Fsp3) is 0. The molecule has 0 unspecified atom stereocenters.